The molecule has 1 fully saturated rings. The molecule has 0 unspecified atom stereocenters. The van der Waals surface area contributed by atoms with E-state index in [-0.39, 0.29) is 36.9 Å². The van der Waals surface area contributed by atoms with Crippen LogP contribution in [0.1, 0.15) is 69.2 Å². The highest BCUT2D eigenvalue weighted by Gasteiger charge is 2.23. The van der Waals surface area contributed by atoms with E-state index in [4.69, 9.17) is 16.3 Å². The Kier molecular flexibility index (Phi) is 11.3. The molecule has 1 atom stereocenters. The second kappa shape index (κ2) is 14.4. The molecular formula is C27H41ClN4O4. The van der Waals surface area contributed by atoms with Gasteiger partial charge in [-0.2, -0.15) is 0 Å². The summed E-state index contributed by atoms with van der Waals surface area (Å²) in [6.07, 6.45) is 6.13. The Morgan fingerprint density at radius 2 is 1.86 bits per heavy atom. The molecular weight excluding hydrogens is 480 g/mol. The Morgan fingerprint density at radius 3 is 2.61 bits per heavy atom. The van der Waals surface area contributed by atoms with E-state index in [0.717, 1.165) is 19.6 Å². The second-order valence-corrected chi connectivity index (χ2v) is 10.7. The lowest BCUT2D eigenvalue weighted by Gasteiger charge is -2.28. The number of fused-ring (bicyclic) bond motifs is 1. The van der Waals surface area contributed by atoms with E-state index in [2.05, 4.69) is 29.4 Å². The summed E-state index contributed by atoms with van der Waals surface area (Å²) in [5.41, 5.74) is 0.376. The highest BCUT2D eigenvalue weighted by atomic mass is 35.5. The number of hydrogen-bond donors (Lipinski definition) is 2. The van der Waals surface area contributed by atoms with Gasteiger partial charge in [0.1, 0.15) is 12.4 Å². The van der Waals surface area contributed by atoms with Crippen LogP contribution in [0, 0.1) is 5.92 Å². The molecule has 8 nitrogen and oxygen atoms in total. The SMILES string of the molecule is CC(C)C[C@@H]1COc2ccc(Cl)cc2C(=O)NCCCCN(C(=O)CCN2CCCCC2)CC(=O)N1. The first-order valence-corrected chi connectivity index (χ1v) is 13.7. The minimum Gasteiger partial charge on any atom is -0.491 e. The smallest absolute Gasteiger partial charge is 0.255 e. The summed E-state index contributed by atoms with van der Waals surface area (Å²) < 4.78 is 6.01. The standard InChI is InChI=1S/C27H41ClN4O4/c1-20(2)16-22-19-36-24-9-8-21(28)17-23(24)27(35)29-11-4-7-14-32(18-25(33)30-22)26(34)10-15-31-12-5-3-6-13-31/h8-9,17,20,22H,3-7,10-16,18-19H2,1-2H3,(H,29,35)(H,30,33)/t22-/m1/s1. The molecule has 9 heteroatoms. The van der Waals surface area contributed by atoms with Gasteiger partial charge in [0.15, 0.2) is 0 Å². The maximum absolute atomic E-state index is 13.1. The molecule has 200 valence electrons. The summed E-state index contributed by atoms with van der Waals surface area (Å²) in [4.78, 5) is 42.9. The number of carbonyl (C=O) groups excluding carboxylic acids is 3. The number of likely N-dealkylation sites (tertiary alicyclic amines) is 1. The molecule has 3 amide bonds. The number of rotatable bonds is 5. The van der Waals surface area contributed by atoms with Crippen LogP contribution in [0.3, 0.4) is 0 Å². The number of hydrogen-bond acceptors (Lipinski definition) is 5. The maximum atomic E-state index is 13.1. The maximum Gasteiger partial charge on any atom is 0.255 e. The van der Waals surface area contributed by atoms with E-state index < -0.39 is 0 Å². The quantitative estimate of drug-likeness (QED) is 0.620. The van der Waals surface area contributed by atoms with Crippen molar-refractivity contribution in [1.29, 1.82) is 0 Å². The average molecular weight is 521 g/mol. The van der Waals surface area contributed by atoms with Gasteiger partial charge in [0.25, 0.3) is 5.91 Å². The summed E-state index contributed by atoms with van der Waals surface area (Å²) in [6, 6.07) is 4.72. The van der Waals surface area contributed by atoms with Gasteiger partial charge in [-0.25, -0.2) is 0 Å². The number of amides is 3. The fourth-order valence-electron chi connectivity index (χ4n) is 4.79. The molecule has 2 N–H and O–H groups in total. The average Bonchev–Trinajstić information content (AvgIpc) is 2.85. The van der Waals surface area contributed by atoms with Gasteiger partial charge in [-0.05, 0) is 69.3 Å². The van der Waals surface area contributed by atoms with Crippen LogP contribution < -0.4 is 15.4 Å². The zero-order valence-corrected chi connectivity index (χ0v) is 22.4. The first-order valence-electron chi connectivity index (χ1n) is 13.3. The molecule has 1 aromatic carbocycles. The van der Waals surface area contributed by atoms with Crippen LogP contribution in [0.25, 0.3) is 0 Å². The third kappa shape index (κ3) is 9.28. The van der Waals surface area contributed by atoms with Gasteiger partial charge in [0, 0.05) is 31.1 Å². The largest absolute Gasteiger partial charge is 0.491 e. The zero-order chi connectivity index (χ0) is 25.9. The molecule has 2 aliphatic rings. The number of ether oxygens (including phenoxy) is 1. The monoisotopic (exact) mass is 520 g/mol. The fraction of sp³-hybridized carbons (Fsp3) is 0.667. The van der Waals surface area contributed by atoms with E-state index in [1.807, 2.05) is 0 Å². The number of nitrogens with zero attached hydrogens (tertiary/aromatic N) is 2. The number of carbonyl (C=O) groups is 3. The van der Waals surface area contributed by atoms with Crippen molar-refractivity contribution in [2.24, 2.45) is 5.92 Å². The summed E-state index contributed by atoms with van der Waals surface area (Å²) in [5.74, 6) is 0.334. The summed E-state index contributed by atoms with van der Waals surface area (Å²) in [5, 5.41) is 6.45. The van der Waals surface area contributed by atoms with Gasteiger partial charge >= 0.3 is 0 Å². The molecule has 1 aromatic rings. The lowest BCUT2D eigenvalue weighted by molar-refractivity contribution is -0.136. The summed E-state index contributed by atoms with van der Waals surface area (Å²) in [6.45, 7) is 8.17. The Balaban J connectivity index is 1.70. The van der Waals surface area contributed by atoms with Gasteiger partial charge in [0.05, 0.1) is 18.2 Å². The lowest BCUT2D eigenvalue weighted by atomic mass is 10.0. The molecule has 0 bridgehead atoms. The molecule has 1 saturated heterocycles. The van der Waals surface area contributed by atoms with E-state index in [1.54, 1.807) is 23.1 Å². The highest BCUT2D eigenvalue weighted by molar-refractivity contribution is 6.31. The number of halogens is 1. The van der Waals surface area contributed by atoms with E-state index in [9.17, 15) is 14.4 Å². The molecule has 0 aromatic heterocycles. The lowest BCUT2D eigenvalue weighted by Crippen LogP contribution is -2.47. The summed E-state index contributed by atoms with van der Waals surface area (Å²) >= 11 is 6.14. The Labute approximate surface area is 220 Å². The Bertz CT molecular complexity index is 889. The number of nitrogens with one attached hydrogen (secondary N) is 2. The summed E-state index contributed by atoms with van der Waals surface area (Å²) in [7, 11) is 0. The van der Waals surface area contributed by atoms with Crippen LogP contribution in [-0.4, -0.2) is 79.4 Å². The van der Waals surface area contributed by atoms with Crippen LogP contribution in [0.15, 0.2) is 18.2 Å². The van der Waals surface area contributed by atoms with Gasteiger partial charge in [-0.1, -0.05) is 31.9 Å². The van der Waals surface area contributed by atoms with Crippen molar-refractivity contribution < 1.29 is 19.1 Å². The fourth-order valence-corrected chi connectivity index (χ4v) is 4.96. The predicted molar refractivity (Wildman–Crippen MR) is 141 cm³/mol. The van der Waals surface area contributed by atoms with E-state index in [0.29, 0.717) is 61.0 Å². The first kappa shape index (κ1) is 28.3. The molecule has 0 spiro atoms. The first-order chi connectivity index (χ1) is 17.3. The zero-order valence-electron chi connectivity index (χ0n) is 21.7. The minimum atomic E-state index is -0.250. The van der Waals surface area contributed by atoms with Gasteiger partial charge in [0.2, 0.25) is 11.8 Å². The van der Waals surface area contributed by atoms with Crippen LogP contribution >= 0.6 is 11.6 Å². The molecule has 0 saturated carbocycles. The van der Waals surface area contributed by atoms with Crippen molar-refractivity contribution in [3.63, 3.8) is 0 Å². The van der Waals surface area contributed by atoms with Gasteiger partial charge < -0.3 is 25.2 Å². The van der Waals surface area contributed by atoms with Crippen LogP contribution in [0.4, 0.5) is 0 Å². The predicted octanol–water partition coefficient (Wildman–Crippen LogP) is 3.48. The van der Waals surface area contributed by atoms with E-state index in [1.165, 1.54) is 19.3 Å². The molecule has 3 rings (SSSR count). The van der Waals surface area contributed by atoms with Crippen LogP contribution in [0.5, 0.6) is 5.75 Å². The Hall–Kier alpha value is -2.32. The van der Waals surface area contributed by atoms with Crippen molar-refractivity contribution in [1.82, 2.24) is 20.4 Å². The normalized spacial score (nSPS) is 21.0. The molecule has 0 aliphatic carbocycles. The van der Waals surface area contributed by atoms with Crippen LogP contribution in [-0.2, 0) is 9.59 Å². The van der Waals surface area contributed by atoms with Crippen molar-refractivity contribution in [2.75, 3.05) is 45.9 Å². The molecule has 0 radical (unpaired) electrons. The highest BCUT2D eigenvalue weighted by Crippen LogP contribution is 2.24. The van der Waals surface area contributed by atoms with Gasteiger partial charge in [-0.15, -0.1) is 0 Å². The minimum absolute atomic E-state index is 0.00258. The van der Waals surface area contributed by atoms with Gasteiger partial charge in [-0.3, -0.25) is 14.4 Å². The van der Waals surface area contributed by atoms with Crippen molar-refractivity contribution in [2.45, 2.75) is 64.8 Å². The third-order valence-corrected chi connectivity index (χ3v) is 6.90. The topological polar surface area (TPSA) is 91.0 Å². The number of piperidine rings is 1. The third-order valence-electron chi connectivity index (χ3n) is 6.67. The van der Waals surface area contributed by atoms with Crippen molar-refractivity contribution in [3.05, 3.63) is 28.8 Å². The molecule has 2 aliphatic heterocycles. The Morgan fingerprint density at radius 1 is 1.11 bits per heavy atom. The van der Waals surface area contributed by atoms with Crippen molar-refractivity contribution >= 4 is 29.3 Å². The van der Waals surface area contributed by atoms with E-state index >= 15 is 0 Å². The van der Waals surface area contributed by atoms with Crippen LogP contribution in [0.2, 0.25) is 5.02 Å². The number of benzene rings is 1. The second-order valence-electron chi connectivity index (χ2n) is 10.3. The molecule has 2 heterocycles. The molecule has 36 heavy (non-hydrogen) atoms. The van der Waals surface area contributed by atoms with Crippen molar-refractivity contribution in [3.8, 4) is 5.75 Å².